The molecule has 2 aromatic heterocycles. The lowest BCUT2D eigenvalue weighted by molar-refractivity contribution is -0.141. The molecule has 9 heteroatoms. The highest BCUT2D eigenvalue weighted by Gasteiger charge is 2.32. The second-order valence-electron chi connectivity index (χ2n) is 8.91. The van der Waals surface area contributed by atoms with Crippen molar-refractivity contribution >= 4 is 45.1 Å². The van der Waals surface area contributed by atoms with Crippen molar-refractivity contribution in [1.29, 1.82) is 0 Å². The molecule has 4 rings (SSSR count). The van der Waals surface area contributed by atoms with Gasteiger partial charge in [0.25, 0.3) is 5.56 Å². The molecule has 0 unspecified atom stereocenters. The third-order valence-electron chi connectivity index (χ3n) is 6.73. The van der Waals surface area contributed by atoms with Crippen molar-refractivity contribution in [2.45, 2.75) is 63.9 Å². The molecule has 2 aliphatic rings. The van der Waals surface area contributed by atoms with Crippen molar-refractivity contribution in [3.05, 3.63) is 26.6 Å². The van der Waals surface area contributed by atoms with Crippen LogP contribution in [0.4, 0.5) is 0 Å². The van der Waals surface area contributed by atoms with E-state index >= 15 is 0 Å². The summed E-state index contributed by atoms with van der Waals surface area (Å²) in [7, 11) is 0. The van der Waals surface area contributed by atoms with Crippen LogP contribution in [-0.2, 0) is 15.3 Å². The Hall–Kier alpha value is -1.87. The van der Waals surface area contributed by atoms with Gasteiger partial charge in [-0.3, -0.25) is 14.4 Å². The summed E-state index contributed by atoms with van der Waals surface area (Å²) in [6.07, 6.45) is 4.94. The lowest BCUT2D eigenvalue weighted by Gasteiger charge is -2.36. The number of carbonyl (C=O) groups excluding carboxylic acids is 2. The minimum atomic E-state index is -0.225. The highest BCUT2D eigenvalue weighted by atomic mass is 32.2. The van der Waals surface area contributed by atoms with E-state index in [1.807, 2.05) is 30.6 Å². The molecule has 0 aliphatic carbocycles. The highest BCUT2D eigenvalue weighted by molar-refractivity contribution is 7.99. The predicted molar refractivity (Wildman–Crippen MR) is 130 cm³/mol. The lowest BCUT2D eigenvalue weighted by Crippen LogP contribution is -2.47. The molecule has 2 saturated heterocycles. The Morgan fingerprint density at radius 3 is 2.50 bits per heavy atom. The second kappa shape index (κ2) is 9.95. The quantitative estimate of drug-likeness (QED) is 0.714. The first-order chi connectivity index (χ1) is 15.3. The zero-order valence-corrected chi connectivity index (χ0v) is 20.7. The number of aromatic amines is 1. The number of aromatic nitrogens is 2. The number of likely N-dealkylation sites (tertiary alicyclic amines) is 2. The van der Waals surface area contributed by atoms with Gasteiger partial charge in [-0.15, -0.1) is 23.1 Å². The summed E-state index contributed by atoms with van der Waals surface area (Å²) in [5.41, 5.74) is 0.885. The molecule has 174 valence electrons. The van der Waals surface area contributed by atoms with Crippen molar-refractivity contribution < 1.29 is 9.59 Å². The summed E-state index contributed by atoms with van der Waals surface area (Å²) >= 11 is 3.03. The van der Waals surface area contributed by atoms with E-state index < -0.39 is 0 Å². The number of piperidine rings is 2. The van der Waals surface area contributed by atoms with Crippen LogP contribution in [0, 0.1) is 19.8 Å². The predicted octanol–water partition coefficient (Wildman–Crippen LogP) is 3.47. The van der Waals surface area contributed by atoms with Crippen LogP contribution in [0.15, 0.2) is 4.79 Å². The number of carbonyl (C=O) groups is 2. The summed E-state index contributed by atoms with van der Waals surface area (Å²) in [4.78, 5) is 51.4. The maximum atomic E-state index is 12.9. The number of H-pyrrole nitrogens is 1. The number of hydrogen-bond donors (Lipinski definition) is 1. The fourth-order valence-corrected chi connectivity index (χ4v) is 6.50. The Kier molecular flexibility index (Phi) is 7.24. The molecule has 1 N–H and O–H groups in total. The van der Waals surface area contributed by atoms with Crippen LogP contribution in [0.3, 0.4) is 0 Å². The van der Waals surface area contributed by atoms with Gasteiger partial charge in [-0.25, -0.2) is 4.98 Å². The van der Waals surface area contributed by atoms with Crippen LogP contribution in [0.25, 0.3) is 10.2 Å². The first-order valence-electron chi connectivity index (χ1n) is 11.5. The number of thiophene rings is 1. The molecule has 0 bridgehead atoms. The van der Waals surface area contributed by atoms with Crippen molar-refractivity contribution in [2.24, 2.45) is 5.92 Å². The Balaban J connectivity index is 1.29. The molecule has 2 fully saturated rings. The van der Waals surface area contributed by atoms with E-state index in [1.54, 1.807) is 0 Å². The Morgan fingerprint density at radius 2 is 1.81 bits per heavy atom. The minimum Gasteiger partial charge on any atom is -0.342 e. The standard InChI is InChI=1S/C23H32N4O3S2/c1-14-15(2)32-21-19(14)20(28)24-18(25-21)13-31-16(3)22(29)27-11-7-17(8-12-27)23(30)26-9-5-4-6-10-26/h16-17H,4-13H2,1-3H3,(H,24,25,28)/t16-/m1/s1. The third-order valence-corrected chi connectivity index (χ3v) is 8.97. The monoisotopic (exact) mass is 476 g/mol. The molecule has 7 nitrogen and oxygen atoms in total. The number of rotatable bonds is 5. The summed E-state index contributed by atoms with van der Waals surface area (Å²) in [5.74, 6) is 1.53. The summed E-state index contributed by atoms with van der Waals surface area (Å²) < 4.78 is 0. The molecule has 0 aromatic carbocycles. The van der Waals surface area contributed by atoms with E-state index in [0.717, 1.165) is 54.0 Å². The zero-order valence-electron chi connectivity index (χ0n) is 19.1. The van der Waals surface area contributed by atoms with Gasteiger partial charge in [0.2, 0.25) is 11.8 Å². The van der Waals surface area contributed by atoms with Gasteiger partial charge in [0.15, 0.2) is 0 Å². The molecule has 1 atom stereocenters. The van der Waals surface area contributed by atoms with Crippen LogP contribution < -0.4 is 5.56 Å². The molecule has 0 radical (unpaired) electrons. The molecule has 2 aromatic rings. The molecular formula is C23H32N4O3S2. The largest absolute Gasteiger partial charge is 0.342 e. The topological polar surface area (TPSA) is 86.4 Å². The number of aryl methyl sites for hydroxylation is 2. The van der Waals surface area contributed by atoms with Gasteiger partial charge in [-0.2, -0.15) is 0 Å². The van der Waals surface area contributed by atoms with Gasteiger partial charge in [0, 0.05) is 37.0 Å². The SMILES string of the molecule is Cc1sc2nc(CS[C@H](C)C(=O)N3CCC(C(=O)N4CCCCC4)CC3)[nH]c(=O)c2c1C. The minimum absolute atomic E-state index is 0.0545. The molecular weight excluding hydrogens is 444 g/mol. The molecule has 0 spiro atoms. The average molecular weight is 477 g/mol. The van der Waals surface area contributed by atoms with E-state index in [9.17, 15) is 14.4 Å². The smallest absolute Gasteiger partial charge is 0.259 e. The van der Waals surface area contributed by atoms with Crippen LogP contribution >= 0.6 is 23.1 Å². The Morgan fingerprint density at radius 1 is 1.12 bits per heavy atom. The molecule has 2 aliphatic heterocycles. The first kappa shape index (κ1) is 23.3. The van der Waals surface area contributed by atoms with E-state index in [2.05, 4.69) is 9.97 Å². The van der Waals surface area contributed by atoms with Crippen molar-refractivity contribution in [3.63, 3.8) is 0 Å². The Labute approximate surface area is 197 Å². The molecule has 32 heavy (non-hydrogen) atoms. The van der Waals surface area contributed by atoms with E-state index in [0.29, 0.717) is 30.1 Å². The number of fused-ring (bicyclic) bond motifs is 1. The van der Waals surface area contributed by atoms with Crippen LogP contribution in [-0.4, -0.2) is 63.0 Å². The third kappa shape index (κ3) is 4.88. The maximum absolute atomic E-state index is 12.9. The average Bonchev–Trinajstić information content (AvgIpc) is 3.10. The van der Waals surface area contributed by atoms with Gasteiger partial charge in [-0.1, -0.05) is 0 Å². The fourth-order valence-electron chi connectivity index (χ4n) is 4.62. The zero-order chi connectivity index (χ0) is 22.8. The summed E-state index contributed by atoms with van der Waals surface area (Å²) in [6.45, 7) is 8.92. The van der Waals surface area contributed by atoms with Gasteiger partial charge in [0.05, 0.1) is 16.4 Å². The second-order valence-corrected chi connectivity index (χ2v) is 11.4. The summed E-state index contributed by atoms with van der Waals surface area (Å²) in [6, 6.07) is 0. The highest BCUT2D eigenvalue weighted by Crippen LogP contribution is 2.27. The van der Waals surface area contributed by atoms with Gasteiger partial charge < -0.3 is 14.8 Å². The van der Waals surface area contributed by atoms with Gasteiger partial charge in [0.1, 0.15) is 10.7 Å². The molecule has 4 heterocycles. The number of nitrogens with one attached hydrogen (secondary N) is 1. The Bertz CT molecular complexity index is 1050. The number of amides is 2. The number of nitrogens with zero attached hydrogens (tertiary/aromatic N) is 3. The van der Waals surface area contributed by atoms with E-state index in [1.165, 1.54) is 29.5 Å². The van der Waals surface area contributed by atoms with Crippen molar-refractivity contribution in [3.8, 4) is 0 Å². The maximum Gasteiger partial charge on any atom is 0.259 e. The van der Waals surface area contributed by atoms with Gasteiger partial charge in [-0.05, 0) is 58.4 Å². The van der Waals surface area contributed by atoms with Crippen molar-refractivity contribution in [1.82, 2.24) is 19.8 Å². The fraction of sp³-hybridized carbons (Fsp3) is 0.652. The van der Waals surface area contributed by atoms with Crippen LogP contribution in [0.1, 0.15) is 55.3 Å². The van der Waals surface area contributed by atoms with E-state index in [-0.39, 0.29) is 28.5 Å². The normalized spacial score (nSPS) is 18.8. The van der Waals surface area contributed by atoms with Gasteiger partial charge >= 0.3 is 0 Å². The van der Waals surface area contributed by atoms with E-state index in [4.69, 9.17) is 0 Å². The molecule has 0 saturated carbocycles. The van der Waals surface area contributed by atoms with Crippen LogP contribution in [0.5, 0.6) is 0 Å². The van der Waals surface area contributed by atoms with Crippen molar-refractivity contribution in [2.75, 3.05) is 26.2 Å². The number of thioether (sulfide) groups is 1. The van der Waals surface area contributed by atoms with Crippen LogP contribution in [0.2, 0.25) is 0 Å². The molecule has 2 amide bonds. The lowest BCUT2D eigenvalue weighted by atomic mass is 9.94. The first-order valence-corrected chi connectivity index (χ1v) is 13.4. The number of hydrogen-bond acceptors (Lipinski definition) is 6. The summed E-state index contributed by atoms with van der Waals surface area (Å²) in [5, 5.41) is 0.449.